The van der Waals surface area contributed by atoms with E-state index in [4.69, 9.17) is 0 Å². The molecule has 0 aliphatic heterocycles. The fraction of sp³-hybridized carbons (Fsp3) is 0.136. The number of rotatable bonds is 3. The standard InChI is InChI=1S/C22H15F4N/c1-2-3-15-6-9-22(27-13-15)16-11-19(24)17(20(25)12-16)7-4-14-5-8-18(23)21(26)10-14/h5-6,8-13H,2-3H2,1H3. The number of aryl methyl sites for hydroxylation is 1. The summed E-state index contributed by atoms with van der Waals surface area (Å²) in [7, 11) is 0. The average molecular weight is 369 g/mol. The molecule has 0 aliphatic carbocycles. The van der Waals surface area contributed by atoms with Crippen LogP contribution in [0.15, 0.2) is 48.7 Å². The van der Waals surface area contributed by atoms with Crippen LogP contribution in [0, 0.1) is 35.1 Å². The summed E-state index contributed by atoms with van der Waals surface area (Å²) in [6, 6.07) is 8.90. The monoisotopic (exact) mass is 369 g/mol. The molecule has 3 rings (SSSR count). The molecule has 2 aromatic carbocycles. The Hall–Kier alpha value is -3.13. The maximum absolute atomic E-state index is 14.3. The Kier molecular flexibility index (Phi) is 5.56. The van der Waals surface area contributed by atoms with Crippen LogP contribution < -0.4 is 0 Å². The minimum absolute atomic E-state index is 0.116. The van der Waals surface area contributed by atoms with Crippen molar-refractivity contribution in [3.05, 3.63) is 88.6 Å². The van der Waals surface area contributed by atoms with E-state index in [1.165, 1.54) is 6.07 Å². The SMILES string of the molecule is CCCc1ccc(-c2cc(F)c(C#Cc3ccc(F)c(F)c3)c(F)c2)nc1. The van der Waals surface area contributed by atoms with Crippen LogP contribution in [0.1, 0.15) is 30.0 Å². The quantitative estimate of drug-likeness (QED) is 0.429. The molecule has 0 unspecified atom stereocenters. The van der Waals surface area contributed by atoms with Gasteiger partial charge >= 0.3 is 0 Å². The lowest BCUT2D eigenvalue weighted by atomic mass is 10.1. The Morgan fingerprint density at radius 1 is 0.815 bits per heavy atom. The molecule has 0 atom stereocenters. The zero-order chi connectivity index (χ0) is 19.4. The zero-order valence-electron chi connectivity index (χ0n) is 14.5. The molecule has 0 bridgehead atoms. The third-order valence-corrected chi connectivity index (χ3v) is 3.95. The molecule has 1 heterocycles. The molecule has 5 heteroatoms. The van der Waals surface area contributed by atoms with E-state index in [1.54, 1.807) is 12.3 Å². The largest absolute Gasteiger partial charge is 0.256 e. The van der Waals surface area contributed by atoms with E-state index in [0.29, 0.717) is 11.3 Å². The number of hydrogen-bond donors (Lipinski definition) is 0. The molecule has 0 N–H and O–H groups in total. The minimum atomic E-state index is -1.07. The highest BCUT2D eigenvalue weighted by Crippen LogP contribution is 2.23. The van der Waals surface area contributed by atoms with Gasteiger partial charge in [-0.3, -0.25) is 4.98 Å². The molecule has 136 valence electrons. The first-order chi connectivity index (χ1) is 13.0. The first-order valence-electron chi connectivity index (χ1n) is 8.39. The second kappa shape index (κ2) is 8.05. The predicted octanol–water partition coefficient (Wildman–Crippen LogP) is 5.66. The highest BCUT2D eigenvalue weighted by atomic mass is 19.2. The van der Waals surface area contributed by atoms with Gasteiger partial charge in [-0.2, -0.15) is 0 Å². The lowest BCUT2D eigenvalue weighted by Gasteiger charge is -2.05. The number of hydrogen-bond acceptors (Lipinski definition) is 1. The zero-order valence-corrected chi connectivity index (χ0v) is 14.5. The summed E-state index contributed by atoms with van der Waals surface area (Å²) in [5.74, 6) is 0.995. The van der Waals surface area contributed by atoms with E-state index in [0.717, 1.165) is 42.7 Å². The van der Waals surface area contributed by atoms with Crippen LogP contribution in [0.5, 0.6) is 0 Å². The molecule has 0 radical (unpaired) electrons. The lowest BCUT2D eigenvalue weighted by molar-refractivity contribution is 0.508. The van der Waals surface area contributed by atoms with Crippen molar-refractivity contribution in [2.24, 2.45) is 0 Å². The summed E-state index contributed by atoms with van der Waals surface area (Å²) in [6.45, 7) is 2.05. The van der Waals surface area contributed by atoms with E-state index in [9.17, 15) is 17.6 Å². The smallest absolute Gasteiger partial charge is 0.160 e. The van der Waals surface area contributed by atoms with Gasteiger partial charge in [0.2, 0.25) is 0 Å². The molecule has 0 spiro atoms. The highest BCUT2D eigenvalue weighted by molar-refractivity contribution is 5.61. The summed E-state index contributed by atoms with van der Waals surface area (Å²) < 4.78 is 54.8. The van der Waals surface area contributed by atoms with Crippen molar-refractivity contribution in [1.82, 2.24) is 4.98 Å². The van der Waals surface area contributed by atoms with Crippen molar-refractivity contribution in [1.29, 1.82) is 0 Å². The van der Waals surface area contributed by atoms with E-state index in [-0.39, 0.29) is 5.56 Å². The third-order valence-electron chi connectivity index (χ3n) is 3.95. The van der Waals surface area contributed by atoms with Gasteiger partial charge in [-0.15, -0.1) is 0 Å². The van der Waals surface area contributed by atoms with Gasteiger partial charge in [0.25, 0.3) is 0 Å². The molecular formula is C22H15F4N. The van der Waals surface area contributed by atoms with Gasteiger partial charge in [0, 0.05) is 17.3 Å². The Labute approximate surface area is 154 Å². The number of nitrogens with zero attached hydrogens (tertiary/aromatic N) is 1. The lowest BCUT2D eigenvalue weighted by Crippen LogP contribution is -1.94. The van der Waals surface area contributed by atoms with E-state index < -0.39 is 28.8 Å². The summed E-state index contributed by atoms with van der Waals surface area (Å²) in [4.78, 5) is 4.24. The van der Waals surface area contributed by atoms with Crippen molar-refractivity contribution in [3.8, 4) is 23.1 Å². The maximum Gasteiger partial charge on any atom is 0.160 e. The van der Waals surface area contributed by atoms with Crippen molar-refractivity contribution in [2.45, 2.75) is 19.8 Å². The highest BCUT2D eigenvalue weighted by Gasteiger charge is 2.11. The Balaban J connectivity index is 1.91. The first-order valence-corrected chi connectivity index (χ1v) is 8.39. The average Bonchev–Trinajstić information content (AvgIpc) is 2.64. The Morgan fingerprint density at radius 3 is 2.15 bits per heavy atom. The Bertz CT molecular complexity index is 1010. The molecule has 0 amide bonds. The van der Waals surface area contributed by atoms with Gasteiger partial charge in [0.15, 0.2) is 11.6 Å². The molecule has 27 heavy (non-hydrogen) atoms. The summed E-state index contributed by atoms with van der Waals surface area (Å²) in [5.41, 5.74) is 1.48. The molecule has 0 saturated heterocycles. The number of halogens is 4. The van der Waals surface area contributed by atoms with Gasteiger partial charge in [-0.25, -0.2) is 17.6 Å². The van der Waals surface area contributed by atoms with E-state index >= 15 is 0 Å². The molecule has 0 aliphatic rings. The minimum Gasteiger partial charge on any atom is -0.256 e. The number of pyridine rings is 1. The first kappa shape index (κ1) is 18.7. The molecule has 0 fully saturated rings. The number of benzene rings is 2. The van der Waals surface area contributed by atoms with Crippen LogP contribution in [-0.4, -0.2) is 4.98 Å². The second-order valence-electron chi connectivity index (χ2n) is 6.00. The molecule has 1 aromatic heterocycles. The summed E-state index contributed by atoms with van der Waals surface area (Å²) in [5, 5.41) is 0. The number of aromatic nitrogens is 1. The molecule has 3 aromatic rings. The normalized spacial score (nSPS) is 10.4. The summed E-state index contributed by atoms with van der Waals surface area (Å²) in [6.07, 6.45) is 3.55. The maximum atomic E-state index is 14.3. The van der Waals surface area contributed by atoms with Gasteiger partial charge in [-0.1, -0.05) is 31.3 Å². The third kappa shape index (κ3) is 4.35. The second-order valence-corrected chi connectivity index (χ2v) is 6.00. The van der Waals surface area contributed by atoms with Crippen LogP contribution in [0.2, 0.25) is 0 Å². The van der Waals surface area contributed by atoms with Crippen LogP contribution in [0.25, 0.3) is 11.3 Å². The molecule has 0 saturated carbocycles. The topological polar surface area (TPSA) is 12.9 Å². The van der Waals surface area contributed by atoms with Crippen LogP contribution in [0.3, 0.4) is 0 Å². The fourth-order valence-corrected chi connectivity index (χ4v) is 2.58. The van der Waals surface area contributed by atoms with Crippen molar-refractivity contribution >= 4 is 0 Å². The fourth-order valence-electron chi connectivity index (χ4n) is 2.58. The Morgan fingerprint density at radius 2 is 1.56 bits per heavy atom. The summed E-state index contributed by atoms with van der Waals surface area (Å²) >= 11 is 0. The van der Waals surface area contributed by atoms with Gasteiger partial charge in [0.05, 0.1) is 11.3 Å². The van der Waals surface area contributed by atoms with Gasteiger partial charge in [0.1, 0.15) is 11.6 Å². The van der Waals surface area contributed by atoms with Crippen molar-refractivity contribution in [3.63, 3.8) is 0 Å². The molecular weight excluding hydrogens is 354 g/mol. The molecule has 1 nitrogen and oxygen atoms in total. The van der Waals surface area contributed by atoms with Crippen molar-refractivity contribution in [2.75, 3.05) is 0 Å². The van der Waals surface area contributed by atoms with Gasteiger partial charge < -0.3 is 0 Å². The van der Waals surface area contributed by atoms with Crippen LogP contribution in [0.4, 0.5) is 17.6 Å². The van der Waals surface area contributed by atoms with E-state index in [2.05, 4.69) is 23.7 Å². The predicted molar refractivity (Wildman–Crippen MR) is 95.9 cm³/mol. The van der Waals surface area contributed by atoms with Crippen LogP contribution in [-0.2, 0) is 6.42 Å². The van der Waals surface area contributed by atoms with Gasteiger partial charge in [-0.05, 0) is 48.4 Å². The van der Waals surface area contributed by atoms with Crippen molar-refractivity contribution < 1.29 is 17.6 Å². The van der Waals surface area contributed by atoms with Crippen LogP contribution >= 0.6 is 0 Å². The van der Waals surface area contributed by atoms with E-state index in [1.807, 2.05) is 6.07 Å².